The first-order chi connectivity index (χ1) is 7.24. The third-order valence-corrected chi connectivity index (χ3v) is 4.18. The molecule has 2 aliphatic rings. The van der Waals surface area contributed by atoms with Crippen LogP contribution in [0.15, 0.2) is 0 Å². The fourth-order valence-corrected chi connectivity index (χ4v) is 2.91. The van der Waals surface area contributed by atoms with Crippen LogP contribution < -0.4 is 5.32 Å². The number of rotatable bonds is 5. The molecule has 0 aromatic rings. The summed E-state index contributed by atoms with van der Waals surface area (Å²) in [6, 6.07) is 0.674. The van der Waals surface area contributed by atoms with Crippen LogP contribution in [0, 0.1) is 11.8 Å². The van der Waals surface area contributed by atoms with Gasteiger partial charge in [-0.1, -0.05) is 19.3 Å². The Kier molecular flexibility index (Phi) is 4.04. The van der Waals surface area contributed by atoms with E-state index in [-0.39, 0.29) is 6.10 Å². The molecule has 0 saturated heterocycles. The highest BCUT2D eigenvalue weighted by Crippen LogP contribution is 2.30. The molecule has 2 heteroatoms. The van der Waals surface area contributed by atoms with Gasteiger partial charge in [0, 0.05) is 6.04 Å². The van der Waals surface area contributed by atoms with Gasteiger partial charge >= 0.3 is 0 Å². The minimum absolute atomic E-state index is 0.0151. The smallest absolute Gasteiger partial charge is 0.0543 e. The average molecular weight is 211 g/mol. The summed E-state index contributed by atoms with van der Waals surface area (Å²) in [5.41, 5.74) is 0. The van der Waals surface area contributed by atoms with E-state index >= 15 is 0 Å². The maximum Gasteiger partial charge on any atom is 0.0543 e. The van der Waals surface area contributed by atoms with Crippen molar-refractivity contribution in [2.24, 2.45) is 11.8 Å². The van der Waals surface area contributed by atoms with E-state index in [0.717, 1.165) is 31.2 Å². The van der Waals surface area contributed by atoms with Crippen molar-refractivity contribution in [3.05, 3.63) is 0 Å². The number of hydrogen-bond acceptors (Lipinski definition) is 2. The highest BCUT2D eigenvalue weighted by atomic mass is 16.3. The van der Waals surface area contributed by atoms with E-state index in [1.807, 2.05) is 0 Å². The van der Waals surface area contributed by atoms with Crippen molar-refractivity contribution < 1.29 is 5.11 Å². The predicted octanol–water partition coefficient (Wildman–Crippen LogP) is 2.32. The summed E-state index contributed by atoms with van der Waals surface area (Å²) in [4.78, 5) is 0. The van der Waals surface area contributed by atoms with Crippen molar-refractivity contribution in [1.82, 2.24) is 5.32 Å². The Morgan fingerprint density at radius 1 is 1.20 bits per heavy atom. The van der Waals surface area contributed by atoms with E-state index in [2.05, 4.69) is 12.2 Å². The molecule has 0 aliphatic heterocycles. The molecular weight excluding hydrogens is 186 g/mol. The van der Waals surface area contributed by atoms with Crippen LogP contribution in [0.3, 0.4) is 0 Å². The van der Waals surface area contributed by atoms with Crippen molar-refractivity contribution in [2.45, 2.75) is 64.0 Å². The van der Waals surface area contributed by atoms with Crippen LogP contribution >= 0.6 is 0 Å². The van der Waals surface area contributed by atoms with Gasteiger partial charge in [0.05, 0.1) is 6.10 Å². The molecule has 0 amide bonds. The van der Waals surface area contributed by atoms with Gasteiger partial charge < -0.3 is 10.4 Å². The summed E-state index contributed by atoms with van der Waals surface area (Å²) >= 11 is 0. The van der Waals surface area contributed by atoms with Crippen LogP contribution in [0.5, 0.6) is 0 Å². The van der Waals surface area contributed by atoms with Crippen molar-refractivity contribution in [2.75, 3.05) is 6.54 Å². The van der Waals surface area contributed by atoms with Crippen molar-refractivity contribution >= 4 is 0 Å². The van der Waals surface area contributed by atoms with Gasteiger partial charge in [0.2, 0.25) is 0 Å². The molecule has 88 valence electrons. The van der Waals surface area contributed by atoms with Gasteiger partial charge in [-0.05, 0) is 51.0 Å². The quantitative estimate of drug-likeness (QED) is 0.731. The maximum atomic E-state index is 9.43. The highest BCUT2D eigenvalue weighted by molar-refractivity contribution is 4.79. The molecule has 2 nitrogen and oxygen atoms in total. The summed E-state index contributed by atoms with van der Waals surface area (Å²) in [5.74, 6) is 1.73. The number of aliphatic hydroxyl groups excluding tert-OH is 1. The van der Waals surface area contributed by atoms with E-state index in [1.165, 1.54) is 32.1 Å². The Labute approximate surface area is 93.5 Å². The van der Waals surface area contributed by atoms with Crippen LogP contribution in [-0.4, -0.2) is 23.8 Å². The topological polar surface area (TPSA) is 32.3 Å². The molecule has 2 saturated carbocycles. The Bertz CT molecular complexity index is 191. The van der Waals surface area contributed by atoms with Crippen LogP contribution in [0.1, 0.15) is 51.9 Å². The van der Waals surface area contributed by atoms with Gasteiger partial charge in [-0.25, -0.2) is 0 Å². The Hall–Kier alpha value is -0.0800. The zero-order valence-corrected chi connectivity index (χ0v) is 9.91. The molecule has 3 atom stereocenters. The number of hydrogen-bond donors (Lipinski definition) is 2. The molecule has 3 unspecified atom stereocenters. The van der Waals surface area contributed by atoms with E-state index in [9.17, 15) is 5.11 Å². The molecule has 2 rings (SSSR count). The first-order valence-corrected chi connectivity index (χ1v) is 6.65. The summed E-state index contributed by atoms with van der Waals surface area (Å²) in [6.45, 7) is 3.43. The number of nitrogens with one attached hydrogen (secondary N) is 1. The largest absolute Gasteiger partial charge is 0.393 e. The fourth-order valence-electron chi connectivity index (χ4n) is 2.91. The minimum Gasteiger partial charge on any atom is -0.393 e. The summed E-state index contributed by atoms with van der Waals surface area (Å²) in [6.07, 6.45) is 8.94. The second-order valence-corrected chi connectivity index (χ2v) is 5.67. The molecule has 0 heterocycles. The highest BCUT2D eigenvalue weighted by Gasteiger charge is 2.24. The Morgan fingerprint density at radius 2 is 2.00 bits per heavy atom. The SMILES string of the molecule is CC(CC1CCC1)NCC1CCC(O)C1. The van der Waals surface area contributed by atoms with Crippen LogP contribution in [0.2, 0.25) is 0 Å². The molecule has 0 aromatic heterocycles. The normalized spacial score (nSPS) is 34.0. The lowest BCUT2D eigenvalue weighted by Crippen LogP contribution is -2.33. The maximum absolute atomic E-state index is 9.43. The molecular formula is C13H25NO. The summed E-state index contributed by atoms with van der Waals surface area (Å²) in [7, 11) is 0. The van der Waals surface area contributed by atoms with E-state index in [0.29, 0.717) is 6.04 Å². The van der Waals surface area contributed by atoms with Gasteiger partial charge in [-0.15, -0.1) is 0 Å². The van der Waals surface area contributed by atoms with E-state index < -0.39 is 0 Å². The number of aliphatic hydroxyl groups is 1. The molecule has 2 N–H and O–H groups in total. The lowest BCUT2D eigenvalue weighted by atomic mass is 9.81. The van der Waals surface area contributed by atoms with Crippen LogP contribution in [0.4, 0.5) is 0 Å². The zero-order chi connectivity index (χ0) is 10.7. The predicted molar refractivity (Wildman–Crippen MR) is 62.8 cm³/mol. The average Bonchev–Trinajstić information content (AvgIpc) is 2.55. The second kappa shape index (κ2) is 5.31. The molecule has 2 fully saturated rings. The van der Waals surface area contributed by atoms with Crippen LogP contribution in [0.25, 0.3) is 0 Å². The molecule has 15 heavy (non-hydrogen) atoms. The van der Waals surface area contributed by atoms with Gasteiger partial charge in [0.15, 0.2) is 0 Å². The molecule has 2 aliphatic carbocycles. The van der Waals surface area contributed by atoms with Gasteiger partial charge in [-0.3, -0.25) is 0 Å². The first-order valence-electron chi connectivity index (χ1n) is 6.65. The molecule has 0 bridgehead atoms. The second-order valence-electron chi connectivity index (χ2n) is 5.67. The van der Waals surface area contributed by atoms with Gasteiger partial charge in [0.1, 0.15) is 0 Å². The summed E-state index contributed by atoms with van der Waals surface area (Å²) < 4.78 is 0. The van der Waals surface area contributed by atoms with Gasteiger partial charge in [0.25, 0.3) is 0 Å². The monoisotopic (exact) mass is 211 g/mol. The first kappa shape index (κ1) is 11.4. The third-order valence-electron chi connectivity index (χ3n) is 4.18. The molecule has 0 radical (unpaired) electrons. The lowest BCUT2D eigenvalue weighted by molar-refractivity contribution is 0.176. The van der Waals surface area contributed by atoms with Crippen LogP contribution in [-0.2, 0) is 0 Å². The van der Waals surface area contributed by atoms with Crippen molar-refractivity contribution in [1.29, 1.82) is 0 Å². The molecule has 0 aromatic carbocycles. The van der Waals surface area contributed by atoms with Gasteiger partial charge in [-0.2, -0.15) is 0 Å². The van der Waals surface area contributed by atoms with Crippen molar-refractivity contribution in [3.8, 4) is 0 Å². The molecule has 0 spiro atoms. The summed E-state index contributed by atoms with van der Waals surface area (Å²) in [5, 5.41) is 13.1. The van der Waals surface area contributed by atoms with E-state index in [1.54, 1.807) is 0 Å². The third kappa shape index (κ3) is 3.46. The fraction of sp³-hybridized carbons (Fsp3) is 1.00. The Morgan fingerprint density at radius 3 is 2.53 bits per heavy atom. The Balaban J connectivity index is 1.56. The van der Waals surface area contributed by atoms with E-state index in [4.69, 9.17) is 0 Å². The standard InChI is InChI=1S/C13H25NO/c1-10(7-11-3-2-4-11)14-9-12-5-6-13(15)8-12/h10-15H,2-9H2,1H3. The zero-order valence-electron chi connectivity index (χ0n) is 9.91. The minimum atomic E-state index is -0.0151. The lowest BCUT2D eigenvalue weighted by Gasteiger charge is -2.29. The van der Waals surface area contributed by atoms with Crippen molar-refractivity contribution in [3.63, 3.8) is 0 Å².